The summed E-state index contributed by atoms with van der Waals surface area (Å²) in [4.78, 5) is 24.2. The maximum Gasteiger partial charge on any atom is 0.340 e. The molecule has 0 amide bonds. The highest BCUT2D eigenvalue weighted by Gasteiger charge is 2.28. The fourth-order valence-corrected chi connectivity index (χ4v) is 6.90. The molecule has 6 heteroatoms. The summed E-state index contributed by atoms with van der Waals surface area (Å²) in [6.07, 6.45) is 17.2. The van der Waals surface area contributed by atoms with E-state index in [2.05, 4.69) is 38.1 Å². The number of halogens is 2. The van der Waals surface area contributed by atoms with Gasteiger partial charge in [-0.1, -0.05) is 76.6 Å². The molecule has 2 atom stereocenters. The Balaban J connectivity index is 1.24. The van der Waals surface area contributed by atoms with E-state index in [1.165, 1.54) is 11.1 Å². The van der Waals surface area contributed by atoms with Crippen molar-refractivity contribution in [2.75, 3.05) is 0 Å². The Morgan fingerprint density at radius 3 is 1.32 bits per heavy atom. The lowest BCUT2D eigenvalue weighted by Crippen LogP contribution is -2.29. The van der Waals surface area contributed by atoms with Crippen LogP contribution in [0.3, 0.4) is 0 Å². The van der Waals surface area contributed by atoms with E-state index in [0.29, 0.717) is 11.8 Å². The lowest BCUT2D eigenvalue weighted by Gasteiger charge is -2.29. The molecule has 0 bridgehead atoms. The molecule has 2 aliphatic rings. The van der Waals surface area contributed by atoms with Gasteiger partial charge in [-0.25, -0.2) is 18.4 Å². The minimum Gasteiger partial charge on any atom is -0.460 e. The maximum atomic E-state index is 14.2. The van der Waals surface area contributed by atoms with Crippen molar-refractivity contribution in [1.82, 2.24) is 0 Å². The molecular weight excluding hydrogens is 558 g/mol. The van der Waals surface area contributed by atoms with Gasteiger partial charge in [-0.3, -0.25) is 0 Å². The smallest absolute Gasteiger partial charge is 0.340 e. The van der Waals surface area contributed by atoms with Crippen molar-refractivity contribution < 1.29 is 27.8 Å². The van der Waals surface area contributed by atoms with Crippen molar-refractivity contribution in [2.45, 2.75) is 180 Å². The molecule has 0 aliphatic heterocycles. The van der Waals surface area contributed by atoms with Crippen LogP contribution in [0.1, 0.15) is 153 Å². The molecule has 1 aromatic carbocycles. The Bertz CT molecular complexity index is 844. The summed E-state index contributed by atoms with van der Waals surface area (Å²) in [5, 5.41) is 0. The first kappa shape index (κ1) is 36.5. The van der Waals surface area contributed by atoms with Crippen molar-refractivity contribution >= 4 is 11.9 Å². The highest BCUT2D eigenvalue weighted by Crippen LogP contribution is 2.32. The molecule has 1 aromatic rings. The molecule has 0 N–H and O–H groups in total. The lowest BCUT2D eigenvalue weighted by molar-refractivity contribution is -0.158. The van der Waals surface area contributed by atoms with E-state index in [4.69, 9.17) is 9.47 Å². The molecule has 44 heavy (non-hydrogen) atoms. The van der Waals surface area contributed by atoms with E-state index < -0.39 is 24.3 Å². The number of benzene rings is 1. The number of esters is 2. The fraction of sp³-hybridized carbons (Fsp3) is 0.789. The normalized spacial score (nSPS) is 23.5. The van der Waals surface area contributed by atoms with Gasteiger partial charge in [0.15, 0.2) is 12.3 Å². The Hall–Kier alpha value is -1.98. The number of hydrogen-bond acceptors (Lipinski definition) is 4. The van der Waals surface area contributed by atoms with Gasteiger partial charge in [-0.15, -0.1) is 0 Å². The molecule has 0 spiro atoms. The average Bonchev–Trinajstić information content (AvgIpc) is 3.04. The fourth-order valence-electron chi connectivity index (χ4n) is 6.90. The Morgan fingerprint density at radius 1 is 0.614 bits per heavy atom. The molecule has 4 nitrogen and oxygen atoms in total. The summed E-state index contributed by atoms with van der Waals surface area (Å²) in [5.74, 6) is -0.0386. The van der Waals surface area contributed by atoms with Crippen molar-refractivity contribution in [3.8, 4) is 0 Å². The summed E-state index contributed by atoms with van der Waals surface area (Å²) in [6, 6.07) is 9.04. The Kier molecular flexibility index (Phi) is 17.4. The first-order valence-corrected chi connectivity index (χ1v) is 18.1. The molecule has 2 saturated carbocycles. The molecule has 0 heterocycles. The lowest BCUT2D eigenvalue weighted by atomic mass is 9.83. The van der Waals surface area contributed by atoms with Crippen molar-refractivity contribution in [3.05, 3.63) is 35.4 Å². The van der Waals surface area contributed by atoms with Crippen molar-refractivity contribution in [3.63, 3.8) is 0 Å². The third kappa shape index (κ3) is 14.0. The van der Waals surface area contributed by atoms with Gasteiger partial charge in [0.2, 0.25) is 0 Å². The second kappa shape index (κ2) is 20.9. The van der Waals surface area contributed by atoms with Gasteiger partial charge in [0.1, 0.15) is 12.2 Å². The number of rotatable bonds is 20. The van der Waals surface area contributed by atoms with E-state index >= 15 is 0 Å². The minimum atomic E-state index is -1.47. The highest BCUT2D eigenvalue weighted by atomic mass is 19.1. The van der Waals surface area contributed by atoms with E-state index in [9.17, 15) is 18.4 Å². The zero-order valence-corrected chi connectivity index (χ0v) is 27.7. The Morgan fingerprint density at radius 2 is 0.977 bits per heavy atom. The topological polar surface area (TPSA) is 52.6 Å². The van der Waals surface area contributed by atoms with Gasteiger partial charge in [-0.05, 0) is 126 Å². The highest BCUT2D eigenvalue weighted by molar-refractivity contribution is 5.75. The summed E-state index contributed by atoms with van der Waals surface area (Å²) >= 11 is 0. The number of hydrogen-bond donors (Lipinski definition) is 0. The van der Waals surface area contributed by atoms with Crippen LogP contribution in [0.5, 0.6) is 0 Å². The number of carbonyl (C=O) groups is 2. The van der Waals surface area contributed by atoms with Gasteiger partial charge in [-0.2, -0.15) is 0 Å². The van der Waals surface area contributed by atoms with Gasteiger partial charge in [0, 0.05) is 0 Å². The molecule has 250 valence electrons. The SMILES string of the molecule is CCCCCC[C@@H](F)C(=O)O[C@H]1CC[C@H](CCc2ccc(CC[C@H]3CC[C@H](OC(=O)[C@H](F)CCCCCC)CC3)cc2)CC1. The number of alkyl halides is 2. The standard InChI is InChI=1S/C38H60F2O4/c1-3-5-7-9-11-35(39)37(41)43-33-25-21-31(22-26-33)19-17-29-13-15-30(16-14-29)18-20-32-23-27-34(28-24-32)44-38(42)36(40)12-10-8-6-4-2/h13-16,31-36H,3-12,17-28H2,1-2H3/t31-,32-,33-,34-,35-,36-/m1/s1. The van der Waals surface area contributed by atoms with Crippen LogP contribution in [-0.4, -0.2) is 36.5 Å². The van der Waals surface area contributed by atoms with Crippen LogP contribution in [-0.2, 0) is 31.9 Å². The minimum absolute atomic E-state index is 0.121. The van der Waals surface area contributed by atoms with Crippen LogP contribution < -0.4 is 0 Å². The second-order valence-corrected chi connectivity index (χ2v) is 13.7. The monoisotopic (exact) mass is 618 g/mol. The van der Waals surface area contributed by atoms with Gasteiger partial charge >= 0.3 is 11.9 Å². The molecule has 0 radical (unpaired) electrons. The summed E-state index contributed by atoms with van der Waals surface area (Å²) < 4.78 is 39.3. The summed E-state index contributed by atoms with van der Waals surface area (Å²) in [5.41, 5.74) is 2.73. The van der Waals surface area contributed by atoms with Crippen LogP contribution in [0.15, 0.2) is 24.3 Å². The third-order valence-electron chi connectivity index (χ3n) is 9.99. The predicted molar refractivity (Wildman–Crippen MR) is 174 cm³/mol. The predicted octanol–water partition coefficient (Wildman–Crippen LogP) is 10.4. The Labute approximate surface area is 266 Å². The van der Waals surface area contributed by atoms with Gasteiger partial charge < -0.3 is 9.47 Å². The zero-order chi connectivity index (χ0) is 31.6. The van der Waals surface area contributed by atoms with Crippen LogP contribution in [0.4, 0.5) is 8.78 Å². The van der Waals surface area contributed by atoms with Crippen molar-refractivity contribution in [1.29, 1.82) is 0 Å². The number of unbranched alkanes of at least 4 members (excludes halogenated alkanes) is 6. The first-order valence-electron chi connectivity index (χ1n) is 18.1. The van der Waals surface area contributed by atoms with Crippen LogP contribution in [0.25, 0.3) is 0 Å². The molecule has 0 saturated heterocycles. The molecule has 0 unspecified atom stereocenters. The number of carbonyl (C=O) groups excluding carboxylic acids is 2. The number of aryl methyl sites for hydroxylation is 2. The van der Waals surface area contributed by atoms with E-state index in [0.717, 1.165) is 128 Å². The average molecular weight is 619 g/mol. The van der Waals surface area contributed by atoms with Gasteiger partial charge in [0.05, 0.1) is 0 Å². The quantitative estimate of drug-likeness (QED) is 0.108. The molecule has 2 fully saturated rings. The molecule has 0 aromatic heterocycles. The summed E-state index contributed by atoms with van der Waals surface area (Å²) in [6.45, 7) is 4.24. The van der Waals surface area contributed by atoms with E-state index in [1.807, 2.05) is 0 Å². The maximum absolute atomic E-state index is 14.2. The first-order chi connectivity index (χ1) is 21.4. The third-order valence-corrected chi connectivity index (χ3v) is 9.99. The summed E-state index contributed by atoms with van der Waals surface area (Å²) in [7, 11) is 0. The van der Waals surface area contributed by atoms with Gasteiger partial charge in [0.25, 0.3) is 0 Å². The van der Waals surface area contributed by atoms with Crippen LogP contribution >= 0.6 is 0 Å². The van der Waals surface area contributed by atoms with Crippen molar-refractivity contribution in [2.24, 2.45) is 11.8 Å². The van der Waals surface area contributed by atoms with Crippen LogP contribution in [0, 0.1) is 11.8 Å². The molecule has 3 rings (SSSR count). The van der Waals surface area contributed by atoms with E-state index in [1.54, 1.807) is 0 Å². The number of ether oxygens (including phenoxy) is 2. The zero-order valence-electron chi connectivity index (χ0n) is 27.7. The molecular formula is C38H60F2O4. The second-order valence-electron chi connectivity index (χ2n) is 13.7. The largest absolute Gasteiger partial charge is 0.460 e. The molecule has 2 aliphatic carbocycles. The van der Waals surface area contributed by atoms with Crippen LogP contribution in [0.2, 0.25) is 0 Å². The van der Waals surface area contributed by atoms with E-state index in [-0.39, 0.29) is 25.0 Å².